The maximum Gasteiger partial charge on any atom is 0.138 e. The van der Waals surface area contributed by atoms with Crippen LogP contribution in [0.15, 0.2) is 24.5 Å². The van der Waals surface area contributed by atoms with Crippen molar-refractivity contribution in [2.24, 2.45) is 0 Å². The third-order valence-electron chi connectivity index (χ3n) is 3.92. The van der Waals surface area contributed by atoms with Crippen molar-refractivity contribution in [1.29, 1.82) is 0 Å². The highest BCUT2D eigenvalue weighted by Gasteiger charge is 2.35. The van der Waals surface area contributed by atoms with Gasteiger partial charge in [0.2, 0.25) is 0 Å². The molecule has 1 unspecified atom stereocenters. The van der Waals surface area contributed by atoms with E-state index < -0.39 is 0 Å². The lowest BCUT2D eigenvalue weighted by molar-refractivity contribution is 0.473. The van der Waals surface area contributed by atoms with Crippen molar-refractivity contribution in [2.75, 3.05) is 11.4 Å². The molecule has 0 saturated carbocycles. The zero-order chi connectivity index (χ0) is 15.1. The van der Waals surface area contributed by atoms with Crippen molar-refractivity contribution < 1.29 is 5.11 Å². The average Bonchev–Trinajstić information content (AvgIpc) is 2.78. The first-order valence-corrected chi connectivity index (χ1v) is 7.42. The summed E-state index contributed by atoms with van der Waals surface area (Å²) in [4.78, 5) is 10.8. The predicted molar refractivity (Wildman–Crippen MR) is 84.2 cm³/mol. The number of nitrogens with zero attached hydrogens (tertiary/aromatic N) is 3. The molecular weight excluding hydrogens is 286 g/mol. The number of aryl methyl sites for hydroxylation is 1. The van der Waals surface area contributed by atoms with Crippen LogP contribution in [0.25, 0.3) is 0 Å². The first kappa shape index (κ1) is 14.1. The van der Waals surface area contributed by atoms with Gasteiger partial charge in [-0.25, -0.2) is 9.97 Å². The summed E-state index contributed by atoms with van der Waals surface area (Å²) in [5, 5.41) is 10.4. The molecule has 5 heteroatoms. The molecule has 0 spiro atoms. The van der Waals surface area contributed by atoms with Crippen molar-refractivity contribution in [3.63, 3.8) is 0 Å². The second kappa shape index (κ2) is 5.19. The Morgan fingerprint density at radius 1 is 1.29 bits per heavy atom. The number of phenols is 1. The lowest BCUT2D eigenvalue weighted by atomic mass is 9.93. The minimum absolute atomic E-state index is 0.0851. The highest BCUT2D eigenvalue weighted by Crippen LogP contribution is 2.43. The van der Waals surface area contributed by atoms with E-state index in [2.05, 4.69) is 34.8 Å². The van der Waals surface area contributed by atoms with Crippen molar-refractivity contribution in [2.45, 2.75) is 32.7 Å². The molecule has 0 aliphatic carbocycles. The standard InChI is InChI=1S/C16H18ClN3O/c1-9(2)20-7-13(11-4-10(3)5-12(21)6-11)14-15(17)18-8-19-16(14)20/h4-6,8-9,13,21H,7H2,1-3H3. The van der Waals surface area contributed by atoms with Crippen LogP contribution in [0.1, 0.15) is 36.5 Å². The molecule has 4 nitrogen and oxygen atoms in total. The minimum Gasteiger partial charge on any atom is -0.508 e. The molecule has 1 aliphatic heterocycles. The molecule has 110 valence electrons. The van der Waals surface area contributed by atoms with Gasteiger partial charge in [0.15, 0.2) is 0 Å². The molecular formula is C16H18ClN3O. The molecule has 1 N–H and O–H groups in total. The molecule has 0 radical (unpaired) electrons. The number of aromatic hydroxyl groups is 1. The lowest BCUT2D eigenvalue weighted by Crippen LogP contribution is -2.30. The third-order valence-corrected chi connectivity index (χ3v) is 4.23. The van der Waals surface area contributed by atoms with Gasteiger partial charge in [-0.15, -0.1) is 0 Å². The Bertz CT molecular complexity index is 667. The summed E-state index contributed by atoms with van der Waals surface area (Å²) in [5.74, 6) is 1.26. The summed E-state index contributed by atoms with van der Waals surface area (Å²) in [6, 6.07) is 5.97. The Balaban J connectivity index is 2.14. The van der Waals surface area contributed by atoms with Crippen molar-refractivity contribution in [1.82, 2.24) is 9.97 Å². The van der Waals surface area contributed by atoms with Gasteiger partial charge in [-0.3, -0.25) is 0 Å². The Hall–Kier alpha value is -1.81. The monoisotopic (exact) mass is 303 g/mol. The van der Waals surface area contributed by atoms with Crippen LogP contribution in [0.3, 0.4) is 0 Å². The summed E-state index contributed by atoms with van der Waals surface area (Å²) in [6.07, 6.45) is 1.51. The summed E-state index contributed by atoms with van der Waals surface area (Å²) >= 11 is 6.32. The van der Waals surface area contributed by atoms with Crippen LogP contribution in [0.5, 0.6) is 5.75 Å². The van der Waals surface area contributed by atoms with E-state index in [4.69, 9.17) is 11.6 Å². The number of halogens is 1. The van der Waals surface area contributed by atoms with E-state index in [-0.39, 0.29) is 11.7 Å². The second-order valence-electron chi connectivity index (χ2n) is 5.80. The second-order valence-corrected chi connectivity index (χ2v) is 6.16. The van der Waals surface area contributed by atoms with Crippen LogP contribution >= 0.6 is 11.6 Å². The van der Waals surface area contributed by atoms with E-state index in [0.717, 1.165) is 29.1 Å². The van der Waals surface area contributed by atoms with Crippen LogP contribution in [-0.2, 0) is 0 Å². The van der Waals surface area contributed by atoms with E-state index in [1.165, 1.54) is 6.33 Å². The maximum absolute atomic E-state index is 9.87. The number of hydrogen-bond donors (Lipinski definition) is 1. The van der Waals surface area contributed by atoms with Gasteiger partial charge in [-0.05, 0) is 44.0 Å². The van der Waals surface area contributed by atoms with Gasteiger partial charge in [0, 0.05) is 24.1 Å². The quantitative estimate of drug-likeness (QED) is 0.863. The van der Waals surface area contributed by atoms with E-state index in [0.29, 0.717) is 11.2 Å². The predicted octanol–water partition coefficient (Wildman–Crippen LogP) is 3.50. The molecule has 0 fully saturated rings. The molecule has 2 aromatic rings. The summed E-state index contributed by atoms with van der Waals surface area (Å²) in [7, 11) is 0. The first-order chi connectivity index (χ1) is 9.97. The number of aromatic nitrogens is 2. The maximum atomic E-state index is 9.87. The van der Waals surface area contributed by atoms with Crippen LogP contribution in [0.4, 0.5) is 5.82 Å². The largest absolute Gasteiger partial charge is 0.508 e. The molecule has 0 saturated heterocycles. The summed E-state index contributed by atoms with van der Waals surface area (Å²) < 4.78 is 0. The molecule has 0 amide bonds. The fraction of sp³-hybridized carbons (Fsp3) is 0.375. The number of fused-ring (bicyclic) bond motifs is 1. The van der Waals surface area contributed by atoms with E-state index >= 15 is 0 Å². The molecule has 1 atom stereocenters. The number of benzene rings is 1. The number of hydrogen-bond acceptors (Lipinski definition) is 4. The lowest BCUT2D eigenvalue weighted by Gasteiger charge is -2.23. The van der Waals surface area contributed by atoms with Gasteiger partial charge < -0.3 is 10.0 Å². The van der Waals surface area contributed by atoms with E-state index in [9.17, 15) is 5.11 Å². The molecule has 2 heterocycles. The molecule has 3 rings (SSSR count). The van der Waals surface area contributed by atoms with Gasteiger partial charge in [0.1, 0.15) is 23.0 Å². The van der Waals surface area contributed by atoms with Crippen LogP contribution < -0.4 is 4.90 Å². The number of anilines is 1. The number of rotatable bonds is 2. The fourth-order valence-electron chi connectivity index (χ4n) is 2.99. The van der Waals surface area contributed by atoms with Gasteiger partial charge in [-0.1, -0.05) is 17.7 Å². The van der Waals surface area contributed by atoms with Crippen LogP contribution in [0.2, 0.25) is 5.15 Å². The summed E-state index contributed by atoms with van der Waals surface area (Å²) in [5.41, 5.74) is 3.04. The normalized spacial score (nSPS) is 17.4. The molecule has 1 aliphatic rings. The molecule has 1 aromatic heterocycles. The Labute approximate surface area is 129 Å². The topological polar surface area (TPSA) is 49.2 Å². The van der Waals surface area contributed by atoms with E-state index in [1.54, 1.807) is 12.1 Å². The summed E-state index contributed by atoms with van der Waals surface area (Å²) in [6.45, 7) is 7.04. The van der Waals surface area contributed by atoms with Crippen LogP contribution in [-0.4, -0.2) is 27.7 Å². The van der Waals surface area contributed by atoms with Crippen molar-refractivity contribution in [3.8, 4) is 5.75 Å². The molecule has 0 bridgehead atoms. The van der Waals surface area contributed by atoms with Crippen molar-refractivity contribution in [3.05, 3.63) is 46.4 Å². The zero-order valence-electron chi connectivity index (χ0n) is 12.3. The van der Waals surface area contributed by atoms with E-state index in [1.807, 2.05) is 6.92 Å². The Kier molecular flexibility index (Phi) is 3.49. The highest BCUT2D eigenvalue weighted by atomic mass is 35.5. The zero-order valence-corrected chi connectivity index (χ0v) is 13.1. The van der Waals surface area contributed by atoms with Gasteiger partial charge in [0.05, 0.1) is 0 Å². The Morgan fingerprint density at radius 3 is 2.71 bits per heavy atom. The fourth-order valence-corrected chi connectivity index (χ4v) is 3.25. The third kappa shape index (κ3) is 2.44. The first-order valence-electron chi connectivity index (χ1n) is 7.05. The SMILES string of the molecule is Cc1cc(O)cc(C2CN(C(C)C)c3ncnc(Cl)c32)c1. The van der Waals surface area contributed by atoms with Gasteiger partial charge in [-0.2, -0.15) is 0 Å². The smallest absolute Gasteiger partial charge is 0.138 e. The number of phenolic OH excluding ortho intramolecular Hbond substituents is 1. The van der Waals surface area contributed by atoms with Crippen LogP contribution in [0, 0.1) is 6.92 Å². The highest BCUT2D eigenvalue weighted by molar-refractivity contribution is 6.30. The molecule has 21 heavy (non-hydrogen) atoms. The average molecular weight is 304 g/mol. The molecule has 1 aromatic carbocycles. The van der Waals surface area contributed by atoms with Gasteiger partial charge in [0.25, 0.3) is 0 Å². The van der Waals surface area contributed by atoms with Crippen molar-refractivity contribution >= 4 is 17.4 Å². The Morgan fingerprint density at radius 2 is 2.05 bits per heavy atom. The minimum atomic E-state index is 0.0851. The van der Waals surface area contributed by atoms with Gasteiger partial charge >= 0.3 is 0 Å².